The van der Waals surface area contributed by atoms with Gasteiger partial charge in [0.25, 0.3) is 5.91 Å². The molecule has 1 heterocycles. The highest BCUT2D eigenvalue weighted by atomic mass is 16.6. The molecule has 0 bridgehead atoms. The van der Waals surface area contributed by atoms with Crippen LogP contribution in [0.3, 0.4) is 0 Å². The lowest BCUT2D eigenvalue weighted by Crippen LogP contribution is -2.92. The molecule has 1 amide bonds. The molecule has 0 saturated heterocycles. The molecule has 0 fully saturated rings. The van der Waals surface area contributed by atoms with Gasteiger partial charge in [0.1, 0.15) is 19.3 Å². The number of hydrogen-bond acceptors (Lipinski definition) is 3. The van der Waals surface area contributed by atoms with Crippen LogP contribution in [-0.2, 0) is 4.79 Å². The molecule has 1 aliphatic rings. The SMILES string of the molecule is C[C@H]([NH2+][C@H](C)c1ccc2c(c1)OCCO2)C(=O)NC(c1ccccc1)c1ccccc1. The van der Waals surface area contributed by atoms with E-state index in [0.29, 0.717) is 13.2 Å². The molecule has 0 spiro atoms. The molecule has 0 radical (unpaired) electrons. The van der Waals surface area contributed by atoms with Crippen molar-refractivity contribution >= 4 is 5.91 Å². The van der Waals surface area contributed by atoms with Crippen LogP contribution in [0, 0.1) is 0 Å². The summed E-state index contributed by atoms with van der Waals surface area (Å²) in [5.74, 6) is 1.55. The summed E-state index contributed by atoms with van der Waals surface area (Å²) in [5.41, 5.74) is 3.23. The topological polar surface area (TPSA) is 64.2 Å². The average Bonchev–Trinajstić information content (AvgIpc) is 2.83. The van der Waals surface area contributed by atoms with Crippen LogP contribution in [0.5, 0.6) is 11.5 Å². The van der Waals surface area contributed by atoms with Crippen LogP contribution in [0.15, 0.2) is 78.9 Å². The third-order valence-corrected chi connectivity index (χ3v) is 5.64. The standard InChI is InChI=1S/C26H28N2O3/c1-18(22-13-14-23-24(17-22)31-16-15-30-23)27-19(2)26(29)28-25(20-9-5-3-6-10-20)21-11-7-4-8-12-21/h3-14,17-19,25,27H,15-16H2,1-2H3,(H,28,29)/p+1/t18-,19+/m1/s1. The summed E-state index contributed by atoms with van der Waals surface area (Å²) in [4.78, 5) is 13.1. The van der Waals surface area contributed by atoms with E-state index in [1.807, 2.05) is 85.8 Å². The number of carbonyl (C=O) groups is 1. The third kappa shape index (κ3) is 5.06. The van der Waals surface area contributed by atoms with Gasteiger partial charge >= 0.3 is 0 Å². The van der Waals surface area contributed by atoms with E-state index in [4.69, 9.17) is 9.47 Å². The number of quaternary nitrogens is 1. The van der Waals surface area contributed by atoms with Crippen LogP contribution in [0.4, 0.5) is 0 Å². The normalized spacial score (nSPS) is 14.7. The molecule has 4 rings (SSSR count). The average molecular weight is 418 g/mol. The summed E-state index contributed by atoms with van der Waals surface area (Å²) in [6.45, 7) is 5.18. The van der Waals surface area contributed by atoms with Crippen LogP contribution >= 0.6 is 0 Å². The van der Waals surface area contributed by atoms with Gasteiger partial charge < -0.3 is 20.1 Å². The predicted octanol–water partition coefficient (Wildman–Crippen LogP) is 3.38. The molecule has 0 aliphatic carbocycles. The largest absolute Gasteiger partial charge is 0.486 e. The lowest BCUT2D eigenvalue weighted by atomic mass is 9.98. The van der Waals surface area contributed by atoms with Gasteiger partial charge in [-0.3, -0.25) is 4.79 Å². The summed E-state index contributed by atoms with van der Waals surface area (Å²) in [6.07, 6.45) is 0. The monoisotopic (exact) mass is 417 g/mol. The van der Waals surface area contributed by atoms with Crippen LogP contribution in [-0.4, -0.2) is 25.2 Å². The lowest BCUT2D eigenvalue weighted by molar-refractivity contribution is -0.710. The van der Waals surface area contributed by atoms with Crippen molar-refractivity contribution in [2.75, 3.05) is 13.2 Å². The van der Waals surface area contributed by atoms with Crippen molar-refractivity contribution in [2.45, 2.75) is 32.0 Å². The first-order valence-electron chi connectivity index (χ1n) is 10.8. The molecule has 5 heteroatoms. The molecule has 1 aliphatic heterocycles. The second kappa shape index (κ2) is 9.67. The maximum atomic E-state index is 13.1. The second-order valence-corrected chi connectivity index (χ2v) is 7.94. The van der Waals surface area contributed by atoms with Gasteiger partial charge in [-0.15, -0.1) is 0 Å². The lowest BCUT2D eigenvalue weighted by Gasteiger charge is -2.23. The van der Waals surface area contributed by atoms with E-state index < -0.39 is 0 Å². The van der Waals surface area contributed by atoms with E-state index in [1.54, 1.807) is 0 Å². The Morgan fingerprint density at radius 1 is 0.806 bits per heavy atom. The number of amides is 1. The third-order valence-electron chi connectivity index (χ3n) is 5.64. The zero-order chi connectivity index (χ0) is 21.6. The van der Waals surface area contributed by atoms with Crippen molar-refractivity contribution in [3.63, 3.8) is 0 Å². The minimum absolute atomic E-state index is 0.00194. The first-order chi connectivity index (χ1) is 15.1. The highest BCUT2D eigenvalue weighted by Gasteiger charge is 2.25. The van der Waals surface area contributed by atoms with Crippen LogP contribution in [0.25, 0.3) is 0 Å². The summed E-state index contributed by atoms with van der Waals surface area (Å²) in [6, 6.07) is 25.8. The first-order valence-corrected chi connectivity index (χ1v) is 10.8. The number of rotatable bonds is 7. The molecule has 5 nitrogen and oxygen atoms in total. The molecule has 0 aromatic heterocycles. The van der Waals surface area contributed by atoms with Crippen molar-refractivity contribution in [1.29, 1.82) is 0 Å². The number of carbonyl (C=O) groups excluding carboxylic acids is 1. The van der Waals surface area contributed by atoms with Gasteiger partial charge in [0, 0.05) is 5.56 Å². The van der Waals surface area contributed by atoms with Crippen LogP contribution in [0.2, 0.25) is 0 Å². The summed E-state index contributed by atoms with van der Waals surface area (Å²) in [7, 11) is 0. The Morgan fingerprint density at radius 3 is 2.00 bits per heavy atom. The van der Waals surface area contributed by atoms with Crippen molar-refractivity contribution in [3.05, 3.63) is 95.6 Å². The fraction of sp³-hybridized carbons (Fsp3) is 0.269. The fourth-order valence-electron chi connectivity index (χ4n) is 3.90. The molecule has 3 aromatic carbocycles. The van der Waals surface area contributed by atoms with E-state index in [-0.39, 0.29) is 24.0 Å². The Hall–Kier alpha value is -3.31. The molecular weight excluding hydrogens is 388 g/mol. The van der Waals surface area contributed by atoms with Gasteiger partial charge in [-0.05, 0) is 43.2 Å². The number of ether oxygens (including phenoxy) is 2. The summed E-state index contributed by atoms with van der Waals surface area (Å²) in [5, 5.41) is 5.32. The number of nitrogens with two attached hydrogens (primary N) is 1. The minimum atomic E-state index is -0.252. The Morgan fingerprint density at radius 2 is 1.39 bits per heavy atom. The molecule has 0 saturated carbocycles. The van der Waals surface area contributed by atoms with E-state index >= 15 is 0 Å². The molecule has 31 heavy (non-hydrogen) atoms. The molecule has 3 aromatic rings. The highest BCUT2D eigenvalue weighted by molar-refractivity contribution is 5.80. The quantitative estimate of drug-likeness (QED) is 0.620. The summed E-state index contributed by atoms with van der Waals surface area (Å²) >= 11 is 0. The van der Waals surface area contributed by atoms with Crippen molar-refractivity contribution in [3.8, 4) is 11.5 Å². The number of benzene rings is 3. The zero-order valence-electron chi connectivity index (χ0n) is 18.0. The van der Waals surface area contributed by atoms with Gasteiger partial charge in [-0.1, -0.05) is 60.7 Å². The van der Waals surface area contributed by atoms with Crippen LogP contribution < -0.4 is 20.1 Å². The van der Waals surface area contributed by atoms with Gasteiger partial charge in [-0.2, -0.15) is 0 Å². The van der Waals surface area contributed by atoms with Gasteiger partial charge in [0.05, 0.1) is 6.04 Å². The number of hydrogen-bond donors (Lipinski definition) is 2. The van der Waals surface area contributed by atoms with E-state index in [9.17, 15) is 4.79 Å². The minimum Gasteiger partial charge on any atom is -0.486 e. The Bertz CT molecular complexity index is 968. The van der Waals surface area contributed by atoms with Crippen molar-refractivity contribution in [2.24, 2.45) is 0 Å². The van der Waals surface area contributed by atoms with Gasteiger partial charge in [0.2, 0.25) is 0 Å². The number of fused-ring (bicyclic) bond motifs is 1. The number of nitrogens with one attached hydrogen (secondary N) is 1. The van der Waals surface area contributed by atoms with Gasteiger partial charge in [-0.25, -0.2) is 0 Å². The molecular formula is C26H29N2O3+. The fourth-order valence-corrected chi connectivity index (χ4v) is 3.90. The molecule has 2 atom stereocenters. The van der Waals surface area contributed by atoms with Gasteiger partial charge in [0.15, 0.2) is 17.5 Å². The Labute approximate surface area is 183 Å². The van der Waals surface area contributed by atoms with E-state index in [0.717, 1.165) is 28.2 Å². The van der Waals surface area contributed by atoms with E-state index in [2.05, 4.69) is 17.6 Å². The van der Waals surface area contributed by atoms with Crippen molar-refractivity contribution < 1.29 is 19.6 Å². The zero-order valence-corrected chi connectivity index (χ0v) is 18.0. The second-order valence-electron chi connectivity index (χ2n) is 7.94. The summed E-state index contributed by atoms with van der Waals surface area (Å²) < 4.78 is 11.3. The Balaban J connectivity index is 1.45. The van der Waals surface area contributed by atoms with Crippen LogP contribution in [0.1, 0.15) is 42.6 Å². The van der Waals surface area contributed by atoms with E-state index in [1.165, 1.54) is 0 Å². The predicted molar refractivity (Wildman–Crippen MR) is 120 cm³/mol. The van der Waals surface area contributed by atoms with Crippen molar-refractivity contribution in [1.82, 2.24) is 5.32 Å². The molecule has 160 valence electrons. The Kier molecular flexibility index (Phi) is 6.53. The highest BCUT2D eigenvalue weighted by Crippen LogP contribution is 2.32. The smallest absolute Gasteiger partial charge is 0.278 e. The maximum Gasteiger partial charge on any atom is 0.278 e. The maximum absolute atomic E-state index is 13.1. The molecule has 3 N–H and O–H groups in total. The first kappa shape index (κ1) is 20.9. The molecule has 0 unspecified atom stereocenters.